The zero-order valence-electron chi connectivity index (χ0n) is 19.1. The lowest BCUT2D eigenvalue weighted by Gasteiger charge is -2.34. The summed E-state index contributed by atoms with van der Waals surface area (Å²) >= 11 is 0. The molecule has 4 rings (SSSR count). The second kappa shape index (κ2) is 10.3. The molecule has 7 nitrogen and oxygen atoms in total. The van der Waals surface area contributed by atoms with Crippen molar-refractivity contribution in [2.75, 3.05) is 30.9 Å². The number of piperidine rings is 1. The molecule has 1 saturated heterocycles. The molecule has 2 fully saturated rings. The lowest BCUT2D eigenvalue weighted by atomic mass is 9.85. The maximum absolute atomic E-state index is 11.6. The summed E-state index contributed by atoms with van der Waals surface area (Å²) in [5.74, 6) is 1.84. The summed E-state index contributed by atoms with van der Waals surface area (Å²) in [7, 11) is -3.19. The van der Waals surface area contributed by atoms with Crippen LogP contribution in [0, 0.1) is 5.92 Å². The summed E-state index contributed by atoms with van der Waals surface area (Å²) in [4.78, 5) is 16.0. The number of aromatic nitrogens is 3. The Morgan fingerprint density at radius 3 is 2.22 bits per heavy atom. The third kappa shape index (κ3) is 5.84. The first-order valence-electron chi connectivity index (χ1n) is 11.8. The van der Waals surface area contributed by atoms with Crippen LogP contribution < -0.4 is 4.90 Å². The molecule has 0 unspecified atom stereocenters. The van der Waals surface area contributed by atoms with Gasteiger partial charge in [0.15, 0.2) is 9.84 Å². The molecule has 2 aliphatic rings. The monoisotopic (exact) mass is 458 g/mol. The number of hydrogen-bond donors (Lipinski definition) is 0. The number of sulfone groups is 1. The number of nitrogens with zero attached hydrogens (tertiary/aromatic N) is 4. The molecule has 3 heterocycles. The molecule has 0 atom stereocenters. The molecule has 0 amide bonds. The Balaban J connectivity index is 1.18. The summed E-state index contributed by atoms with van der Waals surface area (Å²) in [6.07, 6.45) is 14.3. The van der Waals surface area contributed by atoms with Gasteiger partial charge >= 0.3 is 0 Å². The highest BCUT2D eigenvalue weighted by molar-refractivity contribution is 7.90. The molecular formula is C24H34N4O3S. The average Bonchev–Trinajstić information content (AvgIpc) is 2.83. The van der Waals surface area contributed by atoms with Crippen molar-refractivity contribution in [1.82, 2.24) is 15.0 Å². The van der Waals surface area contributed by atoms with Crippen LogP contribution >= 0.6 is 0 Å². The summed E-state index contributed by atoms with van der Waals surface area (Å²) in [5, 5.41) is 0. The fraction of sp³-hybridized carbons (Fsp3) is 0.625. The minimum absolute atomic E-state index is 0.286. The Bertz CT molecular complexity index is 963. The highest BCUT2D eigenvalue weighted by Crippen LogP contribution is 2.34. The normalized spacial score (nSPS) is 22.8. The largest absolute Gasteiger partial charge is 0.378 e. The van der Waals surface area contributed by atoms with Crippen LogP contribution in [0.15, 0.2) is 35.6 Å². The van der Waals surface area contributed by atoms with E-state index in [4.69, 9.17) is 4.74 Å². The number of aryl methyl sites for hydroxylation is 1. The topological polar surface area (TPSA) is 85.3 Å². The zero-order valence-corrected chi connectivity index (χ0v) is 19.9. The van der Waals surface area contributed by atoms with Crippen LogP contribution in [0.1, 0.15) is 62.6 Å². The molecule has 174 valence electrons. The highest BCUT2D eigenvalue weighted by atomic mass is 32.2. The number of anilines is 1. The summed E-state index contributed by atoms with van der Waals surface area (Å²) in [5.41, 5.74) is 2.17. The number of rotatable bonds is 7. The van der Waals surface area contributed by atoms with Crippen molar-refractivity contribution in [1.29, 1.82) is 0 Å². The summed E-state index contributed by atoms with van der Waals surface area (Å²) < 4.78 is 29.5. The first kappa shape index (κ1) is 23.1. The summed E-state index contributed by atoms with van der Waals surface area (Å²) in [6, 6.07) is 3.55. The predicted molar refractivity (Wildman–Crippen MR) is 125 cm³/mol. The van der Waals surface area contributed by atoms with Gasteiger partial charge < -0.3 is 9.64 Å². The lowest BCUT2D eigenvalue weighted by Crippen LogP contribution is -2.36. The standard InChI is InChI=1S/C24H34N4O3S/c1-3-18-14-26-24(27-15-18)28-12-10-19(11-13-28)17-31-21-6-4-20(5-7-21)23-9-8-22(16-25-23)32(2,29)30/h8-9,14-16,19-21H,3-7,10-13,17H2,1-2H3/t20-,21-. The Kier molecular flexibility index (Phi) is 7.40. The van der Waals surface area contributed by atoms with Crippen LogP contribution in [0.2, 0.25) is 0 Å². The van der Waals surface area contributed by atoms with Gasteiger partial charge in [-0.2, -0.15) is 0 Å². The second-order valence-electron chi connectivity index (χ2n) is 9.17. The van der Waals surface area contributed by atoms with Crippen LogP contribution in [-0.4, -0.2) is 55.4 Å². The fourth-order valence-corrected chi connectivity index (χ4v) is 5.20. The van der Waals surface area contributed by atoms with Crippen molar-refractivity contribution >= 4 is 15.8 Å². The maximum atomic E-state index is 11.6. The third-order valence-electron chi connectivity index (χ3n) is 6.84. The van der Waals surface area contributed by atoms with E-state index in [1.165, 1.54) is 18.0 Å². The molecule has 8 heteroatoms. The van der Waals surface area contributed by atoms with E-state index in [2.05, 4.69) is 26.8 Å². The van der Waals surface area contributed by atoms with Crippen LogP contribution in [0.25, 0.3) is 0 Å². The van der Waals surface area contributed by atoms with Gasteiger partial charge in [-0.1, -0.05) is 6.92 Å². The van der Waals surface area contributed by atoms with Crippen molar-refractivity contribution in [2.24, 2.45) is 5.92 Å². The van der Waals surface area contributed by atoms with E-state index < -0.39 is 9.84 Å². The van der Waals surface area contributed by atoms with E-state index >= 15 is 0 Å². The van der Waals surface area contributed by atoms with Crippen molar-refractivity contribution in [3.63, 3.8) is 0 Å². The van der Waals surface area contributed by atoms with Crippen LogP contribution in [0.3, 0.4) is 0 Å². The van der Waals surface area contributed by atoms with Crippen molar-refractivity contribution < 1.29 is 13.2 Å². The van der Waals surface area contributed by atoms with Crippen LogP contribution in [-0.2, 0) is 21.0 Å². The molecule has 0 spiro atoms. The summed E-state index contributed by atoms with van der Waals surface area (Å²) in [6.45, 7) is 4.92. The minimum Gasteiger partial charge on any atom is -0.378 e. The van der Waals surface area contributed by atoms with Gasteiger partial charge in [-0.25, -0.2) is 18.4 Å². The van der Waals surface area contributed by atoms with E-state index in [1.54, 1.807) is 6.07 Å². The highest BCUT2D eigenvalue weighted by Gasteiger charge is 2.26. The van der Waals surface area contributed by atoms with E-state index in [0.717, 1.165) is 76.3 Å². The quantitative estimate of drug-likeness (QED) is 0.624. The molecule has 0 N–H and O–H groups in total. The van der Waals surface area contributed by atoms with Gasteiger partial charge in [0.25, 0.3) is 0 Å². The molecule has 1 aliphatic carbocycles. The number of hydrogen-bond acceptors (Lipinski definition) is 7. The predicted octanol–water partition coefficient (Wildman–Crippen LogP) is 3.80. The average molecular weight is 459 g/mol. The lowest BCUT2D eigenvalue weighted by molar-refractivity contribution is 0.000365. The van der Waals surface area contributed by atoms with Gasteiger partial charge in [-0.15, -0.1) is 0 Å². The van der Waals surface area contributed by atoms with Gasteiger partial charge in [-0.05, 0) is 68.6 Å². The molecule has 2 aromatic rings. The first-order valence-corrected chi connectivity index (χ1v) is 13.6. The minimum atomic E-state index is -3.19. The van der Waals surface area contributed by atoms with Gasteiger partial charge in [0.05, 0.1) is 11.0 Å². The molecule has 1 saturated carbocycles. The smallest absolute Gasteiger partial charge is 0.225 e. The molecule has 0 bridgehead atoms. The van der Waals surface area contributed by atoms with Gasteiger partial charge in [0.1, 0.15) is 0 Å². The van der Waals surface area contributed by atoms with Crippen molar-refractivity contribution in [2.45, 2.75) is 68.8 Å². The molecule has 1 aliphatic heterocycles. The Morgan fingerprint density at radius 2 is 1.66 bits per heavy atom. The van der Waals surface area contributed by atoms with Gasteiger partial charge in [0, 0.05) is 56.2 Å². The fourth-order valence-electron chi connectivity index (χ4n) is 4.64. The van der Waals surface area contributed by atoms with E-state index in [-0.39, 0.29) is 4.90 Å². The van der Waals surface area contributed by atoms with E-state index in [0.29, 0.717) is 17.9 Å². The second-order valence-corrected chi connectivity index (χ2v) is 11.2. The Morgan fingerprint density at radius 1 is 0.969 bits per heavy atom. The Labute approximate surface area is 191 Å². The van der Waals surface area contributed by atoms with Crippen molar-refractivity contribution in [3.8, 4) is 0 Å². The Hall–Kier alpha value is -2.06. The molecule has 0 radical (unpaired) electrons. The maximum Gasteiger partial charge on any atom is 0.225 e. The van der Waals surface area contributed by atoms with Crippen molar-refractivity contribution in [3.05, 3.63) is 42.0 Å². The van der Waals surface area contributed by atoms with Crippen LogP contribution in [0.4, 0.5) is 5.95 Å². The first-order chi connectivity index (χ1) is 15.4. The number of pyridine rings is 1. The zero-order chi connectivity index (χ0) is 22.6. The van der Waals surface area contributed by atoms with Crippen LogP contribution in [0.5, 0.6) is 0 Å². The van der Waals surface area contributed by atoms with Gasteiger partial charge in [-0.3, -0.25) is 4.98 Å². The third-order valence-corrected chi connectivity index (χ3v) is 7.94. The van der Waals surface area contributed by atoms with E-state index in [1.807, 2.05) is 18.5 Å². The van der Waals surface area contributed by atoms with E-state index in [9.17, 15) is 8.42 Å². The molecule has 0 aromatic carbocycles. The molecule has 2 aromatic heterocycles. The SMILES string of the molecule is CCc1cnc(N2CCC(CO[C@H]3CC[C@H](c4ccc(S(C)(=O)=O)cn4)CC3)CC2)nc1. The number of ether oxygens (including phenoxy) is 1. The van der Waals surface area contributed by atoms with Gasteiger partial charge in [0.2, 0.25) is 5.95 Å². The molecular weight excluding hydrogens is 424 g/mol. The molecule has 32 heavy (non-hydrogen) atoms.